The lowest BCUT2D eigenvalue weighted by atomic mass is 9.99. The molecular formula is C23H26N4O3. The molecule has 0 spiro atoms. The lowest BCUT2D eigenvalue weighted by molar-refractivity contribution is 0.0696. The van der Waals surface area contributed by atoms with E-state index in [1.54, 1.807) is 13.0 Å². The number of nitrogens with one attached hydrogen (secondary N) is 1. The summed E-state index contributed by atoms with van der Waals surface area (Å²) in [5, 5.41) is 7.61. The second kappa shape index (κ2) is 8.26. The number of likely N-dealkylation sites (tertiary alicyclic amines) is 1. The number of piperidine rings is 1. The first-order chi connectivity index (χ1) is 14.4. The number of fused-ring (bicyclic) bond motifs is 1. The molecule has 2 aromatic heterocycles. The summed E-state index contributed by atoms with van der Waals surface area (Å²) in [5.74, 6) is 0.213. The van der Waals surface area contributed by atoms with Gasteiger partial charge in [-0.25, -0.2) is 0 Å². The highest BCUT2D eigenvalue weighted by atomic mass is 16.5. The molecule has 1 aliphatic heterocycles. The molecule has 3 heterocycles. The first-order valence-corrected chi connectivity index (χ1v) is 10.4. The van der Waals surface area contributed by atoms with E-state index in [1.165, 1.54) is 0 Å². The van der Waals surface area contributed by atoms with Crippen molar-refractivity contribution < 1.29 is 14.1 Å². The van der Waals surface area contributed by atoms with Crippen molar-refractivity contribution in [3.63, 3.8) is 0 Å². The number of aryl methyl sites for hydroxylation is 1. The van der Waals surface area contributed by atoms with E-state index in [4.69, 9.17) is 9.51 Å². The van der Waals surface area contributed by atoms with E-state index in [2.05, 4.69) is 24.3 Å². The second-order valence-electron chi connectivity index (χ2n) is 8.14. The van der Waals surface area contributed by atoms with Gasteiger partial charge in [0.15, 0.2) is 0 Å². The first kappa shape index (κ1) is 20.1. The van der Waals surface area contributed by atoms with Crippen LogP contribution in [0.1, 0.15) is 64.9 Å². The Morgan fingerprint density at radius 1 is 1.17 bits per heavy atom. The van der Waals surface area contributed by atoms with Gasteiger partial charge >= 0.3 is 0 Å². The molecule has 0 aliphatic carbocycles. The van der Waals surface area contributed by atoms with Gasteiger partial charge in [0.2, 0.25) is 5.76 Å². The van der Waals surface area contributed by atoms with E-state index in [-0.39, 0.29) is 29.5 Å². The molecule has 1 N–H and O–H groups in total. The van der Waals surface area contributed by atoms with Crippen LogP contribution >= 0.6 is 0 Å². The maximum atomic E-state index is 13.3. The summed E-state index contributed by atoms with van der Waals surface area (Å²) < 4.78 is 5.02. The lowest BCUT2D eigenvalue weighted by Gasteiger charge is -2.32. The first-order valence-electron chi connectivity index (χ1n) is 10.4. The summed E-state index contributed by atoms with van der Waals surface area (Å²) in [4.78, 5) is 32.2. The summed E-state index contributed by atoms with van der Waals surface area (Å²) in [6, 6.07) is 11.3. The van der Waals surface area contributed by atoms with Gasteiger partial charge in [0.25, 0.3) is 11.8 Å². The minimum Gasteiger partial charge on any atom is -0.351 e. The third kappa shape index (κ3) is 4.06. The molecule has 30 heavy (non-hydrogen) atoms. The molecule has 0 saturated carbocycles. The summed E-state index contributed by atoms with van der Waals surface area (Å²) in [7, 11) is 0. The zero-order valence-electron chi connectivity index (χ0n) is 17.5. The van der Waals surface area contributed by atoms with Crippen molar-refractivity contribution in [1.29, 1.82) is 0 Å². The Labute approximate surface area is 175 Å². The molecule has 1 aromatic carbocycles. The number of hydrogen-bond donors (Lipinski definition) is 1. The third-order valence-electron chi connectivity index (χ3n) is 5.53. The average molecular weight is 406 g/mol. The topological polar surface area (TPSA) is 88.3 Å². The fraction of sp³-hybridized carbons (Fsp3) is 0.391. The zero-order valence-corrected chi connectivity index (χ0v) is 17.5. The number of pyridine rings is 1. The molecule has 1 aliphatic rings. The van der Waals surface area contributed by atoms with Gasteiger partial charge in [-0.2, -0.15) is 0 Å². The summed E-state index contributed by atoms with van der Waals surface area (Å²) in [6.07, 6.45) is 1.40. The van der Waals surface area contributed by atoms with Gasteiger partial charge in [-0.3, -0.25) is 14.6 Å². The predicted octanol–water partition coefficient (Wildman–Crippen LogP) is 3.69. The van der Waals surface area contributed by atoms with E-state index in [9.17, 15) is 9.59 Å². The highest BCUT2D eigenvalue weighted by Gasteiger charge is 2.27. The Hall–Kier alpha value is -3.22. The van der Waals surface area contributed by atoms with Crippen LogP contribution in [0.4, 0.5) is 0 Å². The monoisotopic (exact) mass is 406 g/mol. The molecule has 0 unspecified atom stereocenters. The van der Waals surface area contributed by atoms with Crippen LogP contribution in [0.5, 0.6) is 0 Å². The van der Waals surface area contributed by atoms with Gasteiger partial charge in [0.1, 0.15) is 0 Å². The molecular weight excluding hydrogens is 380 g/mol. The fourth-order valence-electron chi connectivity index (χ4n) is 3.79. The highest BCUT2D eigenvalue weighted by molar-refractivity contribution is 6.06. The molecule has 156 valence electrons. The fourth-order valence-corrected chi connectivity index (χ4v) is 3.79. The summed E-state index contributed by atoms with van der Waals surface area (Å²) >= 11 is 0. The number of amides is 2. The summed E-state index contributed by atoms with van der Waals surface area (Å²) in [6.45, 7) is 7.11. The molecule has 7 heteroatoms. The number of carbonyl (C=O) groups is 2. The summed E-state index contributed by atoms with van der Waals surface area (Å²) in [5.41, 5.74) is 3.13. The molecule has 2 amide bonds. The van der Waals surface area contributed by atoms with Crippen LogP contribution in [0, 0.1) is 6.92 Å². The van der Waals surface area contributed by atoms with Gasteiger partial charge in [0, 0.05) is 36.3 Å². The van der Waals surface area contributed by atoms with Crippen LogP contribution in [-0.4, -0.2) is 46.0 Å². The van der Waals surface area contributed by atoms with E-state index < -0.39 is 0 Å². The van der Waals surface area contributed by atoms with Crippen LogP contribution in [0.15, 0.2) is 40.9 Å². The van der Waals surface area contributed by atoms with Gasteiger partial charge < -0.3 is 14.7 Å². The van der Waals surface area contributed by atoms with Crippen molar-refractivity contribution >= 4 is 22.7 Å². The van der Waals surface area contributed by atoms with Crippen molar-refractivity contribution in [1.82, 2.24) is 20.4 Å². The van der Waals surface area contributed by atoms with E-state index in [0.717, 1.165) is 16.6 Å². The number of para-hydroxylation sites is 1. The molecule has 0 atom stereocenters. The van der Waals surface area contributed by atoms with Crippen molar-refractivity contribution in [3.05, 3.63) is 59.1 Å². The van der Waals surface area contributed by atoms with E-state index >= 15 is 0 Å². The van der Waals surface area contributed by atoms with E-state index in [0.29, 0.717) is 37.2 Å². The second-order valence-corrected chi connectivity index (χ2v) is 8.14. The van der Waals surface area contributed by atoms with Crippen molar-refractivity contribution in [2.24, 2.45) is 0 Å². The van der Waals surface area contributed by atoms with Gasteiger partial charge in [-0.15, -0.1) is 0 Å². The predicted molar refractivity (Wildman–Crippen MR) is 113 cm³/mol. The quantitative estimate of drug-likeness (QED) is 0.714. The Morgan fingerprint density at radius 2 is 1.90 bits per heavy atom. The SMILES string of the molecule is Cc1cc(C(=O)NC2CCN(C(=O)c3cc(C(C)C)nc4ccccc34)CC2)on1. The van der Waals surface area contributed by atoms with Gasteiger partial charge in [-0.05, 0) is 37.8 Å². The van der Waals surface area contributed by atoms with Crippen LogP contribution in [0.3, 0.4) is 0 Å². The Kier molecular flexibility index (Phi) is 5.53. The number of hydrogen-bond acceptors (Lipinski definition) is 5. The minimum absolute atomic E-state index is 0.00682. The Morgan fingerprint density at radius 3 is 2.57 bits per heavy atom. The molecule has 7 nitrogen and oxygen atoms in total. The minimum atomic E-state index is -0.262. The molecule has 0 radical (unpaired) electrons. The number of carbonyl (C=O) groups excluding carboxylic acids is 2. The highest BCUT2D eigenvalue weighted by Crippen LogP contribution is 2.25. The molecule has 1 fully saturated rings. The largest absolute Gasteiger partial charge is 0.351 e. The van der Waals surface area contributed by atoms with Crippen LogP contribution < -0.4 is 5.32 Å². The number of rotatable bonds is 4. The van der Waals surface area contributed by atoms with E-state index in [1.807, 2.05) is 35.2 Å². The standard InChI is InChI=1S/C23H26N4O3/c1-14(2)20-13-18(17-6-4-5-7-19(17)25-20)23(29)27-10-8-16(9-11-27)24-22(28)21-12-15(3)26-30-21/h4-7,12-14,16H,8-11H2,1-3H3,(H,24,28). The number of aromatic nitrogens is 2. The third-order valence-corrected chi connectivity index (χ3v) is 5.53. The van der Waals surface area contributed by atoms with Gasteiger partial charge in [0.05, 0.1) is 16.8 Å². The van der Waals surface area contributed by atoms with Crippen LogP contribution in [0.25, 0.3) is 10.9 Å². The number of benzene rings is 1. The molecule has 4 rings (SSSR count). The van der Waals surface area contributed by atoms with Gasteiger partial charge in [-0.1, -0.05) is 37.2 Å². The van der Waals surface area contributed by atoms with Crippen molar-refractivity contribution in [3.8, 4) is 0 Å². The normalized spacial score (nSPS) is 15.0. The maximum absolute atomic E-state index is 13.3. The molecule has 0 bridgehead atoms. The molecule has 3 aromatic rings. The smallest absolute Gasteiger partial charge is 0.290 e. The van der Waals surface area contributed by atoms with Crippen molar-refractivity contribution in [2.75, 3.05) is 13.1 Å². The molecule has 1 saturated heterocycles. The Balaban J connectivity index is 1.46. The average Bonchev–Trinajstić information content (AvgIpc) is 3.19. The zero-order chi connectivity index (χ0) is 21.3. The lowest BCUT2D eigenvalue weighted by Crippen LogP contribution is -2.46. The van der Waals surface area contributed by atoms with Crippen LogP contribution in [-0.2, 0) is 0 Å². The Bertz CT molecular complexity index is 1080. The van der Waals surface area contributed by atoms with Crippen molar-refractivity contribution in [2.45, 2.75) is 45.6 Å². The van der Waals surface area contributed by atoms with Crippen LogP contribution in [0.2, 0.25) is 0 Å². The number of nitrogens with zero attached hydrogens (tertiary/aromatic N) is 3. The maximum Gasteiger partial charge on any atom is 0.290 e.